The van der Waals surface area contributed by atoms with Gasteiger partial charge in [0, 0.05) is 11.1 Å². The molecule has 0 unspecified atom stereocenters. The summed E-state index contributed by atoms with van der Waals surface area (Å²) in [6, 6.07) is 5.81. The van der Waals surface area contributed by atoms with Gasteiger partial charge in [0.1, 0.15) is 0 Å². The summed E-state index contributed by atoms with van der Waals surface area (Å²) in [4.78, 5) is 0. The van der Waals surface area contributed by atoms with E-state index in [0.717, 1.165) is 0 Å². The fraction of sp³-hybridized carbons (Fsp3) is 0. The average Bonchev–Trinajstić information content (AvgIpc) is 1.80. The standard InChI is InChI=1S/C6H2Cl3/c7-4-1-2-5(8)6(9)3-4/h1,3H. The Kier molecular flexibility index (Phi) is 2.23. The predicted molar refractivity (Wildman–Crippen MR) is 40.3 cm³/mol. The molecule has 1 aromatic carbocycles. The Morgan fingerprint density at radius 1 is 1.22 bits per heavy atom. The van der Waals surface area contributed by atoms with Crippen LogP contribution < -0.4 is 0 Å². The Labute approximate surface area is 68.3 Å². The van der Waals surface area contributed by atoms with E-state index in [4.69, 9.17) is 34.8 Å². The van der Waals surface area contributed by atoms with Gasteiger partial charge in [0.15, 0.2) is 0 Å². The molecule has 0 N–H and O–H groups in total. The van der Waals surface area contributed by atoms with E-state index in [1.165, 1.54) is 0 Å². The second-order valence-corrected chi connectivity index (χ2v) is 2.70. The first-order chi connectivity index (χ1) is 4.20. The van der Waals surface area contributed by atoms with Gasteiger partial charge in [-0.1, -0.05) is 34.8 Å². The molecule has 0 bridgehead atoms. The van der Waals surface area contributed by atoms with E-state index in [-0.39, 0.29) is 0 Å². The SMILES string of the molecule is Clc1c[c]c(Cl)c(Cl)c1. The zero-order chi connectivity index (χ0) is 6.85. The summed E-state index contributed by atoms with van der Waals surface area (Å²) < 4.78 is 0. The maximum atomic E-state index is 5.57. The van der Waals surface area contributed by atoms with Gasteiger partial charge in [-0.25, -0.2) is 0 Å². The van der Waals surface area contributed by atoms with E-state index < -0.39 is 0 Å². The zero-order valence-corrected chi connectivity index (χ0v) is 6.56. The van der Waals surface area contributed by atoms with Crippen LogP contribution in [0.25, 0.3) is 0 Å². The number of halogens is 3. The molecule has 0 heterocycles. The molecule has 0 fully saturated rings. The van der Waals surface area contributed by atoms with Crippen LogP contribution >= 0.6 is 34.8 Å². The van der Waals surface area contributed by atoms with Crippen molar-refractivity contribution in [3.8, 4) is 0 Å². The first kappa shape index (κ1) is 7.20. The third kappa shape index (κ3) is 1.75. The quantitative estimate of drug-likeness (QED) is 0.537. The van der Waals surface area contributed by atoms with Gasteiger partial charge in [0.2, 0.25) is 0 Å². The number of hydrogen-bond donors (Lipinski definition) is 0. The lowest BCUT2D eigenvalue weighted by Gasteiger charge is -1.92. The van der Waals surface area contributed by atoms with Gasteiger partial charge in [-0.05, 0) is 12.1 Å². The van der Waals surface area contributed by atoms with Crippen LogP contribution in [0.15, 0.2) is 12.1 Å². The Balaban J connectivity index is 3.17. The van der Waals surface area contributed by atoms with Crippen molar-refractivity contribution in [3.63, 3.8) is 0 Å². The minimum absolute atomic E-state index is 0.404. The van der Waals surface area contributed by atoms with Crippen molar-refractivity contribution in [2.45, 2.75) is 0 Å². The van der Waals surface area contributed by atoms with E-state index in [1.54, 1.807) is 12.1 Å². The van der Waals surface area contributed by atoms with Crippen LogP contribution in [0.5, 0.6) is 0 Å². The molecule has 0 amide bonds. The van der Waals surface area contributed by atoms with Crippen LogP contribution in [-0.4, -0.2) is 0 Å². The van der Waals surface area contributed by atoms with Gasteiger partial charge in [-0.2, -0.15) is 0 Å². The summed E-state index contributed by atoms with van der Waals surface area (Å²) in [5, 5.41) is 1.38. The molecular formula is C6H2Cl3. The molecule has 0 spiro atoms. The highest BCUT2D eigenvalue weighted by molar-refractivity contribution is 6.43. The highest BCUT2D eigenvalue weighted by atomic mass is 35.5. The van der Waals surface area contributed by atoms with Crippen LogP contribution in [0, 0.1) is 6.07 Å². The van der Waals surface area contributed by atoms with Crippen molar-refractivity contribution in [3.05, 3.63) is 33.3 Å². The first-order valence-corrected chi connectivity index (χ1v) is 3.36. The van der Waals surface area contributed by atoms with Crippen molar-refractivity contribution in [2.24, 2.45) is 0 Å². The molecule has 3 heteroatoms. The Morgan fingerprint density at radius 2 is 1.89 bits per heavy atom. The topological polar surface area (TPSA) is 0 Å². The fourth-order valence-corrected chi connectivity index (χ4v) is 0.928. The minimum Gasteiger partial charge on any atom is -0.0843 e. The summed E-state index contributed by atoms with van der Waals surface area (Å²) in [7, 11) is 0. The molecule has 0 atom stereocenters. The lowest BCUT2D eigenvalue weighted by Crippen LogP contribution is -1.67. The third-order valence-electron chi connectivity index (χ3n) is 0.811. The Bertz CT molecular complexity index is 220. The number of hydrogen-bond acceptors (Lipinski definition) is 0. The van der Waals surface area contributed by atoms with Gasteiger partial charge in [0.25, 0.3) is 0 Å². The van der Waals surface area contributed by atoms with Crippen molar-refractivity contribution in [2.75, 3.05) is 0 Å². The molecule has 9 heavy (non-hydrogen) atoms. The summed E-state index contributed by atoms with van der Waals surface area (Å²) in [5.74, 6) is 0. The molecule has 1 radical (unpaired) electrons. The second kappa shape index (κ2) is 2.78. The Hall–Kier alpha value is 0.0900. The largest absolute Gasteiger partial charge is 0.0843 e. The molecule has 0 aliphatic heterocycles. The molecule has 1 aromatic rings. The molecule has 0 aliphatic carbocycles. The number of benzene rings is 1. The Morgan fingerprint density at radius 3 is 2.33 bits per heavy atom. The van der Waals surface area contributed by atoms with Crippen LogP contribution in [0.4, 0.5) is 0 Å². The zero-order valence-electron chi connectivity index (χ0n) is 4.29. The van der Waals surface area contributed by atoms with Gasteiger partial charge in [0.05, 0.1) is 10.0 Å². The maximum Gasteiger partial charge on any atom is 0.0672 e. The highest BCUT2D eigenvalue weighted by Crippen LogP contribution is 2.23. The molecule has 0 aromatic heterocycles. The van der Waals surface area contributed by atoms with E-state index in [0.29, 0.717) is 15.1 Å². The lowest BCUT2D eigenvalue weighted by molar-refractivity contribution is 1.69. The van der Waals surface area contributed by atoms with Crippen molar-refractivity contribution < 1.29 is 0 Å². The van der Waals surface area contributed by atoms with Crippen molar-refractivity contribution in [1.29, 1.82) is 0 Å². The molecule has 47 valence electrons. The van der Waals surface area contributed by atoms with Crippen molar-refractivity contribution >= 4 is 34.8 Å². The molecule has 1 rings (SSSR count). The summed E-state index contributed by atoms with van der Waals surface area (Å²) in [5.41, 5.74) is 0. The normalized spacial score (nSPS) is 9.67. The molecular weight excluding hydrogens is 178 g/mol. The van der Waals surface area contributed by atoms with Gasteiger partial charge >= 0.3 is 0 Å². The van der Waals surface area contributed by atoms with Crippen LogP contribution in [0.2, 0.25) is 15.1 Å². The summed E-state index contributed by atoms with van der Waals surface area (Å²) in [6.07, 6.45) is 0. The summed E-state index contributed by atoms with van der Waals surface area (Å²) in [6.45, 7) is 0. The van der Waals surface area contributed by atoms with Crippen molar-refractivity contribution in [1.82, 2.24) is 0 Å². The third-order valence-corrected chi connectivity index (χ3v) is 1.74. The van der Waals surface area contributed by atoms with E-state index in [2.05, 4.69) is 6.07 Å². The molecule has 0 saturated heterocycles. The lowest BCUT2D eigenvalue weighted by atomic mass is 10.4. The predicted octanol–water partition coefficient (Wildman–Crippen LogP) is 3.45. The molecule has 0 nitrogen and oxygen atoms in total. The van der Waals surface area contributed by atoms with Gasteiger partial charge in [-0.3, -0.25) is 0 Å². The monoisotopic (exact) mass is 179 g/mol. The van der Waals surface area contributed by atoms with Crippen LogP contribution in [0.1, 0.15) is 0 Å². The van der Waals surface area contributed by atoms with Crippen LogP contribution in [-0.2, 0) is 0 Å². The van der Waals surface area contributed by atoms with E-state index in [1.807, 2.05) is 0 Å². The van der Waals surface area contributed by atoms with Crippen LogP contribution in [0.3, 0.4) is 0 Å². The molecule has 0 aliphatic rings. The number of rotatable bonds is 0. The second-order valence-electron chi connectivity index (χ2n) is 1.48. The minimum atomic E-state index is 0.404. The maximum absolute atomic E-state index is 5.57. The van der Waals surface area contributed by atoms with E-state index in [9.17, 15) is 0 Å². The van der Waals surface area contributed by atoms with Gasteiger partial charge in [-0.15, -0.1) is 0 Å². The highest BCUT2D eigenvalue weighted by Gasteiger charge is 1.95. The van der Waals surface area contributed by atoms with E-state index >= 15 is 0 Å². The summed E-state index contributed by atoms with van der Waals surface area (Å²) >= 11 is 16.6. The van der Waals surface area contributed by atoms with Gasteiger partial charge < -0.3 is 0 Å². The smallest absolute Gasteiger partial charge is 0.0672 e. The first-order valence-electron chi connectivity index (χ1n) is 2.22. The fourth-order valence-electron chi connectivity index (χ4n) is 0.427. The average molecular weight is 180 g/mol. The molecule has 0 saturated carbocycles.